The summed E-state index contributed by atoms with van der Waals surface area (Å²) in [7, 11) is 0. The van der Waals surface area contributed by atoms with Gasteiger partial charge in [0.2, 0.25) is 5.91 Å². The second kappa shape index (κ2) is 6.81. The zero-order chi connectivity index (χ0) is 20.1. The predicted octanol–water partition coefficient (Wildman–Crippen LogP) is 3.27. The van der Waals surface area contributed by atoms with Crippen molar-refractivity contribution in [1.82, 2.24) is 15.3 Å². The van der Waals surface area contributed by atoms with Crippen LogP contribution in [0.1, 0.15) is 46.7 Å². The molecule has 3 aliphatic rings. The van der Waals surface area contributed by atoms with Crippen molar-refractivity contribution in [3.8, 4) is 0 Å². The number of hydrogen-bond donors (Lipinski definition) is 2. The van der Waals surface area contributed by atoms with E-state index in [2.05, 4.69) is 52.8 Å². The largest absolute Gasteiger partial charge is 0.344 e. The molecular formula is C25H26N4O. The summed E-state index contributed by atoms with van der Waals surface area (Å²) in [5.74, 6) is 1.13. The molecule has 0 radical (unpaired) electrons. The van der Waals surface area contributed by atoms with Crippen molar-refractivity contribution in [1.29, 1.82) is 0 Å². The third-order valence-electron chi connectivity index (χ3n) is 6.96. The normalized spacial score (nSPS) is 18.9. The molecule has 1 amide bonds. The summed E-state index contributed by atoms with van der Waals surface area (Å²) in [6.07, 6.45) is 5.40. The zero-order valence-corrected chi connectivity index (χ0v) is 17.1. The molecule has 2 aromatic carbocycles. The van der Waals surface area contributed by atoms with E-state index in [1.165, 1.54) is 40.9 Å². The van der Waals surface area contributed by atoms with Gasteiger partial charge in [0, 0.05) is 24.5 Å². The number of imidazole rings is 1. The molecule has 3 heterocycles. The molecule has 5 heteroatoms. The van der Waals surface area contributed by atoms with Gasteiger partial charge < -0.3 is 15.2 Å². The molecule has 0 unspecified atom stereocenters. The van der Waals surface area contributed by atoms with Gasteiger partial charge in [-0.15, -0.1) is 0 Å². The fourth-order valence-corrected chi connectivity index (χ4v) is 5.40. The number of nitrogens with one attached hydrogen (secondary N) is 2. The van der Waals surface area contributed by atoms with E-state index in [1.54, 1.807) is 0 Å². The Kier molecular flexibility index (Phi) is 4.06. The first kappa shape index (κ1) is 17.9. The third kappa shape index (κ3) is 2.65. The monoisotopic (exact) mass is 398 g/mol. The Hall–Kier alpha value is -2.92. The molecule has 6 rings (SSSR count). The number of rotatable bonds is 4. The summed E-state index contributed by atoms with van der Waals surface area (Å²) >= 11 is 0. The molecule has 2 aliphatic heterocycles. The van der Waals surface area contributed by atoms with Crippen LogP contribution in [-0.4, -0.2) is 29.0 Å². The number of carbonyl (C=O) groups is 1. The summed E-state index contributed by atoms with van der Waals surface area (Å²) in [6.45, 7) is 1.96. The molecule has 1 fully saturated rings. The molecule has 5 nitrogen and oxygen atoms in total. The zero-order valence-electron chi connectivity index (χ0n) is 17.1. The van der Waals surface area contributed by atoms with Crippen molar-refractivity contribution < 1.29 is 4.79 Å². The maximum Gasteiger partial charge on any atom is 0.240 e. The fraction of sp³-hybridized carbons (Fsp3) is 0.360. The van der Waals surface area contributed by atoms with Gasteiger partial charge in [-0.3, -0.25) is 4.79 Å². The minimum absolute atomic E-state index is 0.214. The van der Waals surface area contributed by atoms with Crippen LogP contribution in [0, 0.1) is 0 Å². The second-order valence-corrected chi connectivity index (χ2v) is 8.87. The minimum atomic E-state index is -0.424. The van der Waals surface area contributed by atoms with Gasteiger partial charge in [0.05, 0.1) is 12.2 Å². The highest BCUT2D eigenvalue weighted by atomic mass is 16.2. The smallest absolute Gasteiger partial charge is 0.240 e. The van der Waals surface area contributed by atoms with E-state index in [9.17, 15) is 4.79 Å². The molecule has 1 aliphatic carbocycles. The number of H-pyrrole nitrogens is 1. The van der Waals surface area contributed by atoms with Gasteiger partial charge in [-0.1, -0.05) is 42.5 Å². The first-order valence-electron chi connectivity index (χ1n) is 11.0. The second-order valence-electron chi connectivity index (χ2n) is 8.87. The summed E-state index contributed by atoms with van der Waals surface area (Å²) in [5, 5.41) is 3.36. The highest BCUT2D eigenvalue weighted by Gasteiger charge is 2.55. The summed E-state index contributed by atoms with van der Waals surface area (Å²) in [5.41, 5.74) is 6.85. The first-order chi connectivity index (χ1) is 14.7. The molecular weight excluding hydrogens is 372 g/mol. The molecule has 1 spiro atoms. The first-order valence-corrected chi connectivity index (χ1v) is 11.0. The van der Waals surface area contributed by atoms with E-state index in [4.69, 9.17) is 4.98 Å². The Morgan fingerprint density at radius 2 is 1.83 bits per heavy atom. The molecule has 152 valence electrons. The summed E-state index contributed by atoms with van der Waals surface area (Å²) in [6, 6.07) is 16.9. The van der Waals surface area contributed by atoms with E-state index < -0.39 is 5.41 Å². The molecule has 1 saturated heterocycles. The number of aromatic amines is 1. The van der Waals surface area contributed by atoms with Crippen LogP contribution >= 0.6 is 0 Å². The molecule has 0 bridgehead atoms. The predicted molar refractivity (Wildman–Crippen MR) is 117 cm³/mol. The van der Waals surface area contributed by atoms with Crippen molar-refractivity contribution >= 4 is 11.6 Å². The molecule has 0 atom stereocenters. The Bertz CT molecular complexity index is 1090. The van der Waals surface area contributed by atoms with Gasteiger partial charge in [-0.05, 0) is 54.9 Å². The Labute approximate surface area is 176 Å². The van der Waals surface area contributed by atoms with Crippen molar-refractivity contribution in [2.24, 2.45) is 0 Å². The van der Waals surface area contributed by atoms with Gasteiger partial charge >= 0.3 is 0 Å². The number of amides is 1. The minimum Gasteiger partial charge on any atom is -0.344 e. The summed E-state index contributed by atoms with van der Waals surface area (Å²) < 4.78 is 0. The number of carbonyl (C=O) groups excluding carboxylic acids is 1. The topological polar surface area (TPSA) is 61.0 Å². The molecule has 30 heavy (non-hydrogen) atoms. The van der Waals surface area contributed by atoms with E-state index in [0.717, 1.165) is 43.9 Å². The van der Waals surface area contributed by atoms with Crippen LogP contribution in [-0.2, 0) is 36.0 Å². The lowest BCUT2D eigenvalue weighted by Gasteiger charge is -2.39. The van der Waals surface area contributed by atoms with Crippen LogP contribution in [0.25, 0.3) is 0 Å². The van der Waals surface area contributed by atoms with Crippen LogP contribution < -0.4 is 10.2 Å². The van der Waals surface area contributed by atoms with Gasteiger partial charge in [-0.25, -0.2) is 4.98 Å². The van der Waals surface area contributed by atoms with Crippen LogP contribution in [0.15, 0.2) is 48.5 Å². The number of aryl methyl sites for hydroxylation is 2. The highest BCUT2D eigenvalue weighted by Crippen LogP contribution is 2.47. The number of hydrogen-bond acceptors (Lipinski definition) is 3. The van der Waals surface area contributed by atoms with Crippen molar-refractivity contribution in [2.75, 3.05) is 18.0 Å². The maximum atomic E-state index is 13.7. The quantitative estimate of drug-likeness (QED) is 0.709. The van der Waals surface area contributed by atoms with Gasteiger partial charge in [-0.2, -0.15) is 0 Å². The third-order valence-corrected chi connectivity index (χ3v) is 6.96. The van der Waals surface area contributed by atoms with Crippen molar-refractivity contribution in [3.05, 3.63) is 82.4 Å². The van der Waals surface area contributed by atoms with Gasteiger partial charge in [0.25, 0.3) is 0 Å². The van der Waals surface area contributed by atoms with E-state index in [1.807, 2.05) is 11.0 Å². The van der Waals surface area contributed by atoms with Crippen LogP contribution in [0.5, 0.6) is 0 Å². The number of fused-ring (bicyclic) bond motifs is 3. The standard InChI is InChI=1S/C25H26N4O/c30-24-25(15-26-16-25)23-18(13-17-7-2-1-3-8-17)9-6-12-21(23)29(24)14-22-27-19-10-4-5-11-20(19)28-22/h1-3,6-9,12,26H,4-5,10-11,13-16H2,(H,27,28). The lowest BCUT2D eigenvalue weighted by molar-refractivity contribution is -0.125. The molecule has 0 saturated carbocycles. The summed E-state index contributed by atoms with van der Waals surface area (Å²) in [4.78, 5) is 24.0. The average Bonchev–Trinajstić information content (AvgIpc) is 3.26. The molecule has 3 aromatic rings. The number of nitrogens with zero attached hydrogens (tertiary/aromatic N) is 2. The van der Waals surface area contributed by atoms with Crippen LogP contribution in [0.2, 0.25) is 0 Å². The Morgan fingerprint density at radius 1 is 1.00 bits per heavy atom. The SMILES string of the molecule is O=C1N(Cc2nc3c([nH]2)CCCC3)c2cccc(Cc3ccccc3)c2C12CNC2. The van der Waals surface area contributed by atoms with E-state index in [0.29, 0.717) is 6.54 Å². The molecule has 2 N–H and O–H groups in total. The Balaban J connectivity index is 1.39. The number of aromatic nitrogens is 2. The molecule has 1 aromatic heterocycles. The van der Waals surface area contributed by atoms with E-state index in [-0.39, 0.29) is 5.91 Å². The average molecular weight is 399 g/mol. The van der Waals surface area contributed by atoms with Crippen molar-refractivity contribution in [2.45, 2.75) is 44.1 Å². The lowest BCUT2D eigenvalue weighted by atomic mass is 9.73. The highest BCUT2D eigenvalue weighted by molar-refractivity contribution is 6.09. The number of benzene rings is 2. The van der Waals surface area contributed by atoms with Crippen molar-refractivity contribution in [3.63, 3.8) is 0 Å². The lowest BCUT2D eigenvalue weighted by Crippen LogP contribution is -2.62. The van der Waals surface area contributed by atoms with E-state index >= 15 is 0 Å². The fourth-order valence-electron chi connectivity index (χ4n) is 5.40. The van der Waals surface area contributed by atoms with Gasteiger partial charge in [0.1, 0.15) is 11.2 Å². The maximum absolute atomic E-state index is 13.7. The number of anilines is 1. The van der Waals surface area contributed by atoms with Crippen LogP contribution in [0.3, 0.4) is 0 Å². The van der Waals surface area contributed by atoms with Gasteiger partial charge in [0.15, 0.2) is 0 Å². The van der Waals surface area contributed by atoms with Crippen LogP contribution in [0.4, 0.5) is 5.69 Å². The Morgan fingerprint density at radius 3 is 2.60 bits per heavy atom.